The fraction of sp³-hybridized carbons (Fsp3) is 0.630. The maximum Gasteiger partial charge on any atom is 0.411 e. The summed E-state index contributed by atoms with van der Waals surface area (Å²) in [6.45, 7) is 11.0. The van der Waals surface area contributed by atoms with Crippen LogP contribution in [0.25, 0.3) is 0 Å². The van der Waals surface area contributed by atoms with Crippen LogP contribution < -0.4 is 0 Å². The predicted octanol–water partition coefficient (Wildman–Crippen LogP) is 3.11. The van der Waals surface area contributed by atoms with Gasteiger partial charge in [-0.2, -0.15) is 0 Å². The summed E-state index contributed by atoms with van der Waals surface area (Å²) in [4.78, 5) is 48.4. The van der Waals surface area contributed by atoms with E-state index in [2.05, 4.69) is 0 Å². The molecule has 2 fully saturated rings. The van der Waals surface area contributed by atoms with Crippen molar-refractivity contribution < 1.29 is 48.7 Å². The summed E-state index contributed by atoms with van der Waals surface area (Å²) in [5.41, 5.74) is -0.327. The zero-order chi connectivity index (χ0) is 29.5. The van der Waals surface area contributed by atoms with Crippen LogP contribution in [0.2, 0.25) is 0 Å². The van der Waals surface area contributed by atoms with E-state index in [-0.39, 0.29) is 32.0 Å². The van der Waals surface area contributed by atoms with Crippen molar-refractivity contribution in [1.29, 1.82) is 0 Å². The molecule has 0 saturated carbocycles. The number of hydrogen-bond donors (Lipinski definition) is 3. The van der Waals surface area contributed by atoms with Gasteiger partial charge in [0.25, 0.3) is 0 Å². The number of carboxylic acids is 2. The number of carbonyl (C=O) groups is 4. The Bertz CT molecular complexity index is 1000. The van der Waals surface area contributed by atoms with Crippen molar-refractivity contribution in [2.75, 3.05) is 13.1 Å². The molecule has 2 heterocycles. The van der Waals surface area contributed by atoms with Gasteiger partial charge in [-0.3, -0.25) is 9.80 Å². The summed E-state index contributed by atoms with van der Waals surface area (Å²) >= 11 is 0. The molecule has 1 aromatic carbocycles. The normalized spacial score (nSPS) is 23.1. The molecule has 0 spiro atoms. The van der Waals surface area contributed by atoms with Crippen molar-refractivity contribution in [3.8, 4) is 0 Å². The number of ether oxygens (including phenoxy) is 3. The van der Waals surface area contributed by atoms with Gasteiger partial charge in [-0.1, -0.05) is 30.3 Å². The minimum Gasteiger partial charge on any atom is -0.480 e. The Morgan fingerprint density at radius 2 is 1.26 bits per heavy atom. The van der Waals surface area contributed by atoms with Gasteiger partial charge in [0.1, 0.15) is 23.3 Å². The Morgan fingerprint density at radius 3 is 1.72 bits per heavy atom. The smallest absolute Gasteiger partial charge is 0.411 e. The van der Waals surface area contributed by atoms with Crippen molar-refractivity contribution in [3.63, 3.8) is 0 Å². The van der Waals surface area contributed by atoms with Crippen LogP contribution in [0.15, 0.2) is 30.3 Å². The number of rotatable bonds is 5. The van der Waals surface area contributed by atoms with Gasteiger partial charge in [0, 0.05) is 12.8 Å². The Kier molecular flexibility index (Phi) is 10.7. The van der Waals surface area contributed by atoms with Gasteiger partial charge >= 0.3 is 24.1 Å². The molecule has 0 aliphatic carbocycles. The van der Waals surface area contributed by atoms with E-state index in [9.17, 15) is 29.4 Å². The summed E-state index contributed by atoms with van der Waals surface area (Å²) in [6, 6.07) is 7.73. The molecule has 0 aromatic heterocycles. The highest BCUT2D eigenvalue weighted by Crippen LogP contribution is 2.24. The van der Waals surface area contributed by atoms with E-state index in [1.807, 2.05) is 30.3 Å². The number of β-amino-alcohol motifs (C(OH)–C–C–N with tert-alkyl or cyclic N) is 1. The lowest BCUT2D eigenvalue weighted by Crippen LogP contribution is -2.43. The number of aliphatic hydroxyl groups is 1. The van der Waals surface area contributed by atoms with Gasteiger partial charge < -0.3 is 29.5 Å². The number of aliphatic hydroxyl groups excluding tert-OH is 1. The lowest BCUT2D eigenvalue weighted by atomic mass is 10.2. The zero-order valence-electron chi connectivity index (χ0n) is 23.3. The van der Waals surface area contributed by atoms with Gasteiger partial charge in [-0.05, 0) is 47.1 Å². The summed E-state index contributed by atoms with van der Waals surface area (Å²) in [6.07, 6.45) is -2.11. The monoisotopic (exact) mass is 552 g/mol. The van der Waals surface area contributed by atoms with Crippen LogP contribution in [0.1, 0.15) is 59.9 Å². The number of likely N-dealkylation sites (tertiary alicyclic amines) is 2. The number of carboxylic acid groups (broad SMARTS) is 2. The molecule has 0 unspecified atom stereocenters. The number of carbonyl (C=O) groups excluding carboxylic acids is 2. The second-order valence-electron chi connectivity index (χ2n) is 11.5. The molecule has 12 heteroatoms. The van der Waals surface area contributed by atoms with E-state index in [0.29, 0.717) is 6.61 Å². The van der Waals surface area contributed by atoms with E-state index in [1.165, 1.54) is 4.90 Å². The molecule has 1 aromatic rings. The first kappa shape index (κ1) is 31.8. The fourth-order valence-electron chi connectivity index (χ4n) is 4.03. The van der Waals surface area contributed by atoms with Crippen LogP contribution in [-0.4, -0.2) is 97.8 Å². The fourth-order valence-corrected chi connectivity index (χ4v) is 4.03. The molecule has 218 valence electrons. The van der Waals surface area contributed by atoms with Crippen molar-refractivity contribution in [2.24, 2.45) is 0 Å². The molecule has 12 nitrogen and oxygen atoms in total. The Morgan fingerprint density at radius 1 is 0.795 bits per heavy atom. The minimum absolute atomic E-state index is 0.00583. The van der Waals surface area contributed by atoms with Gasteiger partial charge in [0.15, 0.2) is 0 Å². The zero-order valence-corrected chi connectivity index (χ0v) is 23.3. The number of amides is 2. The second-order valence-corrected chi connectivity index (χ2v) is 11.5. The third-order valence-corrected chi connectivity index (χ3v) is 5.70. The third-order valence-electron chi connectivity index (χ3n) is 5.70. The van der Waals surface area contributed by atoms with Gasteiger partial charge in [-0.15, -0.1) is 0 Å². The van der Waals surface area contributed by atoms with E-state index >= 15 is 0 Å². The molecule has 3 N–H and O–H groups in total. The van der Waals surface area contributed by atoms with Crippen LogP contribution in [-0.2, 0) is 30.4 Å². The summed E-state index contributed by atoms with van der Waals surface area (Å²) in [7, 11) is 0. The Balaban J connectivity index is 0.000000293. The average molecular weight is 553 g/mol. The van der Waals surface area contributed by atoms with Gasteiger partial charge in [0.05, 0.1) is 31.9 Å². The molecule has 4 atom stereocenters. The SMILES string of the molecule is CC(C)(C)OC(=O)N1C[C@@H](O)C[C@H]1C(=O)O.CC(C)(C)OC(=O)N1C[C@@H](OCc2ccccc2)C[C@H]1C(=O)O. The van der Waals surface area contributed by atoms with Crippen molar-refractivity contribution in [1.82, 2.24) is 9.80 Å². The molecule has 39 heavy (non-hydrogen) atoms. The first-order chi connectivity index (χ1) is 18.0. The lowest BCUT2D eigenvalue weighted by Gasteiger charge is -2.26. The summed E-state index contributed by atoms with van der Waals surface area (Å²) < 4.78 is 16.1. The highest BCUT2D eigenvalue weighted by molar-refractivity contribution is 5.81. The van der Waals surface area contributed by atoms with Crippen LogP contribution >= 0.6 is 0 Å². The van der Waals surface area contributed by atoms with Crippen LogP contribution in [0, 0.1) is 0 Å². The Hall–Kier alpha value is -3.38. The van der Waals surface area contributed by atoms with Crippen molar-refractivity contribution in [2.45, 2.75) is 96.5 Å². The molecule has 0 bridgehead atoms. The van der Waals surface area contributed by atoms with E-state index in [1.54, 1.807) is 41.5 Å². The molecule has 2 aliphatic heterocycles. The average Bonchev–Trinajstić information content (AvgIpc) is 3.41. The van der Waals surface area contributed by atoms with Gasteiger partial charge in [0.2, 0.25) is 0 Å². The van der Waals surface area contributed by atoms with E-state index in [4.69, 9.17) is 19.3 Å². The predicted molar refractivity (Wildman–Crippen MR) is 139 cm³/mol. The highest BCUT2D eigenvalue weighted by Gasteiger charge is 2.42. The number of hydrogen-bond acceptors (Lipinski definition) is 8. The van der Waals surface area contributed by atoms with Crippen LogP contribution in [0.5, 0.6) is 0 Å². The first-order valence-electron chi connectivity index (χ1n) is 12.7. The molecular weight excluding hydrogens is 512 g/mol. The topological polar surface area (TPSA) is 163 Å². The molecule has 3 rings (SSSR count). The molecule has 2 aliphatic rings. The molecule has 2 amide bonds. The van der Waals surface area contributed by atoms with E-state index in [0.717, 1.165) is 10.5 Å². The number of aliphatic carboxylic acids is 2. The second kappa shape index (κ2) is 13.1. The standard InChI is InChI=1S/C17H23NO5.C10H17NO5/c1-17(2,3)23-16(21)18-10-13(9-14(18)15(19)20)22-11-12-7-5-4-6-8-12;1-10(2,3)16-9(15)11-5-6(12)4-7(11)8(13)14/h4-8,13-14H,9-11H2,1-3H3,(H,19,20);6-7,12H,4-5H2,1-3H3,(H,13,14)/t13-,14-;6-,7-/m00/s1. The van der Waals surface area contributed by atoms with E-state index < -0.39 is 53.5 Å². The Labute approximate surface area is 228 Å². The minimum atomic E-state index is -1.12. The highest BCUT2D eigenvalue weighted by atomic mass is 16.6. The third kappa shape index (κ3) is 10.4. The van der Waals surface area contributed by atoms with Crippen LogP contribution in [0.3, 0.4) is 0 Å². The lowest BCUT2D eigenvalue weighted by molar-refractivity contribution is -0.142. The van der Waals surface area contributed by atoms with Crippen molar-refractivity contribution >= 4 is 24.1 Å². The summed E-state index contributed by atoms with van der Waals surface area (Å²) in [5, 5.41) is 27.6. The maximum atomic E-state index is 12.2. The largest absolute Gasteiger partial charge is 0.480 e. The number of benzene rings is 1. The molecule has 0 radical (unpaired) electrons. The number of nitrogens with zero attached hydrogens (tertiary/aromatic N) is 2. The first-order valence-corrected chi connectivity index (χ1v) is 12.7. The van der Waals surface area contributed by atoms with Crippen LogP contribution in [0.4, 0.5) is 9.59 Å². The maximum absolute atomic E-state index is 12.2. The molecular formula is C27H40N2O10. The summed E-state index contributed by atoms with van der Waals surface area (Å²) in [5.74, 6) is -2.16. The quantitative estimate of drug-likeness (QED) is 0.494. The van der Waals surface area contributed by atoms with Crippen molar-refractivity contribution in [3.05, 3.63) is 35.9 Å². The van der Waals surface area contributed by atoms with Gasteiger partial charge in [-0.25, -0.2) is 19.2 Å². The molecule has 2 saturated heterocycles.